The van der Waals surface area contributed by atoms with Crippen LogP contribution in [0.3, 0.4) is 0 Å². The molecule has 1 unspecified atom stereocenters. The van der Waals surface area contributed by atoms with Gasteiger partial charge >= 0.3 is 0 Å². The van der Waals surface area contributed by atoms with Crippen molar-refractivity contribution in [3.8, 4) is 11.5 Å². The fourth-order valence-corrected chi connectivity index (χ4v) is 1.69. The molecule has 0 aromatic heterocycles. The largest absolute Gasteiger partial charge is 0.504 e. The summed E-state index contributed by atoms with van der Waals surface area (Å²) in [6, 6.07) is 3.94. The number of nitrogens with one attached hydrogen (secondary N) is 1. The number of phenolic OH excluding ortho intramolecular Hbond substituents is 1. The summed E-state index contributed by atoms with van der Waals surface area (Å²) in [5.41, 5.74) is 0.0724. The molecular weight excluding hydrogens is 260 g/mol. The van der Waals surface area contributed by atoms with Gasteiger partial charge in [0, 0.05) is 13.6 Å². The normalized spacial score (nSPS) is 11.6. The molecule has 1 aromatic rings. The number of phenols is 1. The van der Waals surface area contributed by atoms with E-state index in [0.29, 0.717) is 6.54 Å². The molecule has 0 heterocycles. The van der Waals surface area contributed by atoms with E-state index in [0.717, 1.165) is 0 Å². The highest BCUT2D eigenvalue weighted by Gasteiger charge is 2.21. The van der Waals surface area contributed by atoms with Crippen LogP contribution in [0, 0.1) is 0 Å². The zero-order valence-corrected chi connectivity index (χ0v) is 12.1. The minimum Gasteiger partial charge on any atom is -0.504 e. The molecule has 6 heteroatoms. The van der Waals surface area contributed by atoms with Crippen molar-refractivity contribution in [2.45, 2.75) is 19.9 Å². The molecule has 0 aliphatic heterocycles. The van der Waals surface area contributed by atoms with Gasteiger partial charge in [-0.05, 0) is 26.0 Å². The third-order valence-electron chi connectivity index (χ3n) is 3.03. The summed E-state index contributed by atoms with van der Waals surface area (Å²) in [5.74, 6) is -0.742. The lowest BCUT2D eigenvalue weighted by molar-refractivity contribution is -0.131. The predicted molar refractivity (Wildman–Crippen MR) is 74.9 cm³/mol. The van der Waals surface area contributed by atoms with Crippen molar-refractivity contribution in [3.63, 3.8) is 0 Å². The first-order valence-corrected chi connectivity index (χ1v) is 6.34. The Kier molecular flexibility index (Phi) is 5.37. The monoisotopic (exact) mass is 280 g/mol. The van der Waals surface area contributed by atoms with Crippen LogP contribution in [-0.4, -0.2) is 48.6 Å². The molecule has 0 fully saturated rings. The van der Waals surface area contributed by atoms with Gasteiger partial charge in [0.15, 0.2) is 11.5 Å². The topological polar surface area (TPSA) is 78.9 Å². The lowest BCUT2D eigenvalue weighted by atomic mass is 10.1. The van der Waals surface area contributed by atoms with Crippen LogP contribution in [0.2, 0.25) is 0 Å². The lowest BCUT2D eigenvalue weighted by Crippen LogP contribution is -2.45. The van der Waals surface area contributed by atoms with E-state index in [1.165, 1.54) is 18.1 Å². The Morgan fingerprint density at radius 1 is 1.45 bits per heavy atom. The van der Waals surface area contributed by atoms with E-state index in [1.807, 2.05) is 6.92 Å². The maximum absolute atomic E-state index is 12.1. The highest BCUT2D eigenvalue weighted by molar-refractivity contribution is 6.00. The van der Waals surface area contributed by atoms with Gasteiger partial charge in [-0.2, -0.15) is 0 Å². The Morgan fingerprint density at radius 2 is 2.10 bits per heavy atom. The average Bonchev–Trinajstić information content (AvgIpc) is 2.45. The summed E-state index contributed by atoms with van der Waals surface area (Å²) < 4.78 is 4.94. The highest BCUT2D eigenvalue weighted by atomic mass is 16.5. The molecular formula is C14H20N2O4. The molecule has 110 valence electrons. The van der Waals surface area contributed by atoms with E-state index in [4.69, 9.17) is 4.74 Å². The minimum atomic E-state index is -0.668. The molecule has 0 aliphatic carbocycles. The molecule has 1 aromatic carbocycles. The SMILES string of the molecule is CCN(C)C(=O)C(C)NC(=O)c1cccc(OC)c1O. The number of para-hydroxylation sites is 1. The number of carbonyl (C=O) groups excluding carboxylic acids is 2. The number of hydrogen-bond acceptors (Lipinski definition) is 4. The Hall–Kier alpha value is -2.24. The third-order valence-corrected chi connectivity index (χ3v) is 3.03. The molecule has 2 amide bonds. The number of hydrogen-bond donors (Lipinski definition) is 2. The van der Waals surface area contributed by atoms with Crippen molar-refractivity contribution in [2.24, 2.45) is 0 Å². The predicted octanol–water partition coefficient (Wildman–Crippen LogP) is 0.997. The van der Waals surface area contributed by atoms with Crippen LogP contribution in [-0.2, 0) is 4.79 Å². The van der Waals surface area contributed by atoms with Gasteiger partial charge in [0.05, 0.1) is 12.7 Å². The van der Waals surface area contributed by atoms with E-state index in [2.05, 4.69) is 5.32 Å². The van der Waals surface area contributed by atoms with E-state index in [-0.39, 0.29) is 23.0 Å². The number of methoxy groups -OCH3 is 1. The van der Waals surface area contributed by atoms with Crippen LogP contribution in [0.25, 0.3) is 0 Å². The van der Waals surface area contributed by atoms with Gasteiger partial charge in [-0.25, -0.2) is 0 Å². The number of likely N-dealkylation sites (N-methyl/N-ethyl adjacent to an activating group) is 1. The summed E-state index contributed by atoms with van der Waals surface area (Å²) in [4.78, 5) is 25.4. The summed E-state index contributed by atoms with van der Waals surface area (Å²) in [6.45, 7) is 4.01. The lowest BCUT2D eigenvalue weighted by Gasteiger charge is -2.20. The van der Waals surface area contributed by atoms with Gasteiger partial charge in [-0.1, -0.05) is 6.07 Å². The number of rotatable bonds is 5. The number of carbonyl (C=O) groups is 2. The standard InChI is InChI=1S/C14H20N2O4/c1-5-16(3)14(19)9(2)15-13(18)10-7-6-8-11(20-4)12(10)17/h6-9,17H,5H2,1-4H3,(H,15,18). The highest BCUT2D eigenvalue weighted by Crippen LogP contribution is 2.29. The van der Waals surface area contributed by atoms with Gasteiger partial charge in [-0.15, -0.1) is 0 Å². The third kappa shape index (κ3) is 3.40. The number of ether oxygens (including phenoxy) is 1. The number of amides is 2. The molecule has 1 atom stereocenters. The van der Waals surface area contributed by atoms with Crippen LogP contribution in [0.15, 0.2) is 18.2 Å². The van der Waals surface area contributed by atoms with E-state index < -0.39 is 11.9 Å². The first-order chi connectivity index (χ1) is 9.42. The van der Waals surface area contributed by atoms with Gasteiger partial charge in [0.25, 0.3) is 5.91 Å². The van der Waals surface area contributed by atoms with E-state index >= 15 is 0 Å². The Bertz CT molecular complexity index is 502. The molecule has 1 rings (SSSR count). The van der Waals surface area contributed by atoms with Crippen molar-refractivity contribution in [2.75, 3.05) is 20.7 Å². The van der Waals surface area contributed by atoms with E-state index in [1.54, 1.807) is 26.1 Å². The van der Waals surface area contributed by atoms with Crippen molar-refractivity contribution in [1.82, 2.24) is 10.2 Å². The zero-order valence-electron chi connectivity index (χ0n) is 12.1. The minimum absolute atomic E-state index is 0.0724. The Morgan fingerprint density at radius 3 is 2.65 bits per heavy atom. The molecule has 0 radical (unpaired) electrons. The molecule has 20 heavy (non-hydrogen) atoms. The summed E-state index contributed by atoms with van der Waals surface area (Å²) >= 11 is 0. The quantitative estimate of drug-likeness (QED) is 0.843. The molecule has 6 nitrogen and oxygen atoms in total. The van der Waals surface area contributed by atoms with Gasteiger partial charge in [0.1, 0.15) is 6.04 Å². The second-order valence-corrected chi connectivity index (χ2v) is 4.40. The summed E-state index contributed by atoms with van der Waals surface area (Å²) in [6.07, 6.45) is 0. The van der Waals surface area contributed by atoms with Crippen LogP contribution < -0.4 is 10.1 Å². The van der Waals surface area contributed by atoms with E-state index in [9.17, 15) is 14.7 Å². The van der Waals surface area contributed by atoms with Gasteiger partial charge < -0.3 is 20.1 Å². The molecule has 2 N–H and O–H groups in total. The maximum Gasteiger partial charge on any atom is 0.255 e. The Labute approximate surface area is 118 Å². The molecule has 0 saturated heterocycles. The van der Waals surface area contributed by atoms with Crippen LogP contribution >= 0.6 is 0 Å². The second-order valence-electron chi connectivity index (χ2n) is 4.40. The fourth-order valence-electron chi connectivity index (χ4n) is 1.69. The molecule has 0 saturated carbocycles. The van der Waals surface area contributed by atoms with Crippen LogP contribution in [0.4, 0.5) is 0 Å². The number of benzene rings is 1. The first kappa shape index (κ1) is 15.8. The number of nitrogens with zero attached hydrogens (tertiary/aromatic N) is 1. The smallest absolute Gasteiger partial charge is 0.255 e. The zero-order chi connectivity index (χ0) is 15.3. The van der Waals surface area contributed by atoms with Gasteiger partial charge in [-0.3, -0.25) is 9.59 Å². The average molecular weight is 280 g/mol. The van der Waals surface area contributed by atoms with Gasteiger partial charge in [0.2, 0.25) is 5.91 Å². The summed E-state index contributed by atoms with van der Waals surface area (Å²) in [7, 11) is 3.06. The molecule has 0 bridgehead atoms. The summed E-state index contributed by atoms with van der Waals surface area (Å²) in [5, 5.41) is 12.4. The maximum atomic E-state index is 12.1. The van der Waals surface area contributed by atoms with Crippen molar-refractivity contribution >= 4 is 11.8 Å². The van der Waals surface area contributed by atoms with Crippen molar-refractivity contribution in [3.05, 3.63) is 23.8 Å². The second kappa shape index (κ2) is 6.79. The van der Waals surface area contributed by atoms with Crippen LogP contribution in [0.5, 0.6) is 11.5 Å². The molecule has 0 spiro atoms. The molecule has 0 aliphatic rings. The number of aromatic hydroxyl groups is 1. The van der Waals surface area contributed by atoms with Crippen LogP contribution in [0.1, 0.15) is 24.2 Å². The fraction of sp³-hybridized carbons (Fsp3) is 0.429. The Balaban J connectivity index is 2.84. The first-order valence-electron chi connectivity index (χ1n) is 6.34. The van der Waals surface area contributed by atoms with Crippen molar-refractivity contribution < 1.29 is 19.4 Å². The van der Waals surface area contributed by atoms with Crippen molar-refractivity contribution in [1.29, 1.82) is 0 Å².